The summed E-state index contributed by atoms with van der Waals surface area (Å²) in [7, 11) is -3.57. The molecule has 0 unspecified atom stereocenters. The largest absolute Gasteiger partial charge is 0.343 e. The zero-order valence-electron chi connectivity index (χ0n) is 11.7. The van der Waals surface area contributed by atoms with Gasteiger partial charge in [0.15, 0.2) is 5.82 Å². The van der Waals surface area contributed by atoms with Gasteiger partial charge in [-0.3, -0.25) is 0 Å². The molecule has 21 heavy (non-hydrogen) atoms. The Labute approximate surface area is 123 Å². The van der Waals surface area contributed by atoms with Crippen LogP contribution in [0.2, 0.25) is 0 Å². The first-order valence-electron chi connectivity index (χ1n) is 6.66. The predicted octanol–water partition coefficient (Wildman–Crippen LogP) is 0.700. The Hall–Kier alpha value is -1.77. The maximum Gasteiger partial charge on any atom is 0.240 e. The van der Waals surface area contributed by atoms with Crippen LogP contribution >= 0.6 is 0 Å². The number of likely N-dealkylation sites (N-methyl/N-ethyl adjacent to an activating group) is 1. The van der Waals surface area contributed by atoms with Gasteiger partial charge in [-0.15, -0.1) is 0 Å². The van der Waals surface area contributed by atoms with Gasteiger partial charge in [-0.2, -0.15) is 4.98 Å². The van der Waals surface area contributed by atoms with Crippen LogP contribution in [0.25, 0.3) is 0 Å². The van der Waals surface area contributed by atoms with Crippen molar-refractivity contribution < 1.29 is 12.9 Å². The van der Waals surface area contributed by atoms with Crippen LogP contribution < -0.4 is 10.0 Å². The van der Waals surface area contributed by atoms with E-state index in [1.54, 1.807) is 12.1 Å². The molecule has 1 aromatic carbocycles. The van der Waals surface area contributed by atoms with E-state index in [1.165, 1.54) is 0 Å². The Morgan fingerprint density at radius 2 is 2.00 bits per heavy atom. The molecule has 114 valence electrons. The van der Waals surface area contributed by atoms with E-state index in [-0.39, 0.29) is 11.4 Å². The number of benzene rings is 1. The average Bonchev–Trinajstić information content (AvgIpc) is 3.00. The Kier molecular flexibility index (Phi) is 5.43. The van der Waals surface area contributed by atoms with E-state index in [0.717, 1.165) is 31.5 Å². The molecule has 0 bridgehead atoms. The van der Waals surface area contributed by atoms with Crippen LogP contribution in [0.15, 0.2) is 40.1 Å². The summed E-state index contributed by atoms with van der Waals surface area (Å²) < 4.78 is 31.1. The molecule has 0 saturated heterocycles. The van der Waals surface area contributed by atoms with Gasteiger partial charge < -0.3 is 9.84 Å². The highest BCUT2D eigenvalue weighted by Gasteiger charge is 2.14. The summed E-state index contributed by atoms with van der Waals surface area (Å²) in [5.74, 6) is 0.292. The normalized spacial score (nSPS) is 11.7. The van der Waals surface area contributed by atoms with E-state index in [2.05, 4.69) is 24.7 Å². The summed E-state index contributed by atoms with van der Waals surface area (Å²) in [6.07, 6.45) is 2.02. The van der Waals surface area contributed by atoms with Crippen molar-refractivity contribution in [1.82, 2.24) is 20.2 Å². The quantitative estimate of drug-likeness (QED) is 0.697. The van der Waals surface area contributed by atoms with Gasteiger partial charge >= 0.3 is 0 Å². The van der Waals surface area contributed by atoms with E-state index in [1.807, 2.05) is 19.1 Å². The van der Waals surface area contributed by atoms with Gasteiger partial charge in [-0.05, 0) is 37.2 Å². The van der Waals surface area contributed by atoms with E-state index >= 15 is 0 Å². The minimum Gasteiger partial charge on any atom is -0.343 e. The highest BCUT2D eigenvalue weighted by atomic mass is 32.2. The molecule has 2 aromatic rings. The molecule has 1 aromatic heterocycles. The van der Waals surface area contributed by atoms with Crippen molar-refractivity contribution in [2.75, 3.05) is 13.1 Å². The molecule has 0 saturated carbocycles. The fraction of sp³-hybridized carbons (Fsp3) is 0.385. The molecule has 0 aliphatic rings. The Morgan fingerprint density at radius 3 is 2.62 bits per heavy atom. The molecule has 2 rings (SSSR count). The fourth-order valence-corrected chi connectivity index (χ4v) is 2.74. The molecule has 7 nitrogen and oxygen atoms in total. The molecule has 0 aliphatic carbocycles. The van der Waals surface area contributed by atoms with Crippen LogP contribution in [0.4, 0.5) is 0 Å². The maximum absolute atomic E-state index is 12.1. The maximum atomic E-state index is 12.1. The fourth-order valence-electron chi connectivity index (χ4n) is 1.76. The average molecular weight is 310 g/mol. The van der Waals surface area contributed by atoms with Gasteiger partial charge in [0, 0.05) is 0 Å². The molecule has 0 fully saturated rings. The number of hydrogen-bond acceptors (Lipinski definition) is 6. The van der Waals surface area contributed by atoms with Gasteiger partial charge in [0.25, 0.3) is 0 Å². The summed E-state index contributed by atoms with van der Waals surface area (Å²) in [5, 5.41) is 6.77. The molecule has 0 aliphatic heterocycles. The molecule has 0 spiro atoms. The van der Waals surface area contributed by atoms with E-state index in [9.17, 15) is 8.42 Å². The lowest BCUT2D eigenvalue weighted by Crippen LogP contribution is -2.23. The molecular formula is C13H18N4O3S. The third kappa shape index (κ3) is 4.62. The van der Waals surface area contributed by atoms with Gasteiger partial charge in [0.2, 0.25) is 16.4 Å². The van der Waals surface area contributed by atoms with E-state index in [4.69, 9.17) is 0 Å². The van der Waals surface area contributed by atoms with Crippen LogP contribution in [0.5, 0.6) is 0 Å². The molecule has 0 atom stereocenters. The van der Waals surface area contributed by atoms with Crippen molar-refractivity contribution in [1.29, 1.82) is 0 Å². The Morgan fingerprint density at radius 1 is 1.24 bits per heavy atom. The number of sulfonamides is 1. The molecular weight excluding hydrogens is 292 g/mol. The second kappa shape index (κ2) is 7.30. The van der Waals surface area contributed by atoms with Crippen LogP contribution in [0.1, 0.15) is 18.3 Å². The second-order valence-electron chi connectivity index (χ2n) is 4.42. The first-order valence-corrected chi connectivity index (χ1v) is 8.14. The van der Waals surface area contributed by atoms with Crippen LogP contribution in [-0.2, 0) is 23.0 Å². The van der Waals surface area contributed by atoms with Crippen LogP contribution in [-0.4, -0.2) is 31.6 Å². The van der Waals surface area contributed by atoms with Crippen LogP contribution in [0, 0.1) is 0 Å². The highest BCUT2D eigenvalue weighted by molar-refractivity contribution is 7.89. The van der Waals surface area contributed by atoms with Crippen molar-refractivity contribution in [3.8, 4) is 0 Å². The molecule has 0 amide bonds. The number of hydrogen-bond donors (Lipinski definition) is 2. The first kappa shape index (κ1) is 15.6. The van der Waals surface area contributed by atoms with Crippen molar-refractivity contribution >= 4 is 10.0 Å². The molecule has 8 heteroatoms. The third-order valence-electron chi connectivity index (χ3n) is 2.90. The van der Waals surface area contributed by atoms with E-state index in [0.29, 0.717) is 5.82 Å². The highest BCUT2D eigenvalue weighted by Crippen LogP contribution is 2.11. The zero-order valence-corrected chi connectivity index (χ0v) is 12.6. The standard InChI is InChI=1S/C13H18N4O3S/c1-2-14-8-7-11-3-5-12(6-4-11)21(18,19)16-9-13-15-10-20-17-13/h3-6,10,14,16H,2,7-9H2,1H3. The summed E-state index contributed by atoms with van der Waals surface area (Å²) >= 11 is 0. The minimum atomic E-state index is -3.57. The molecule has 0 radical (unpaired) electrons. The van der Waals surface area contributed by atoms with Crippen molar-refractivity contribution in [2.45, 2.75) is 24.8 Å². The van der Waals surface area contributed by atoms with Gasteiger partial charge in [0.1, 0.15) is 0 Å². The lowest BCUT2D eigenvalue weighted by atomic mass is 10.1. The monoisotopic (exact) mass is 310 g/mol. The smallest absolute Gasteiger partial charge is 0.240 e. The summed E-state index contributed by atoms with van der Waals surface area (Å²) in [6, 6.07) is 6.83. The Bertz CT molecular complexity index is 639. The third-order valence-corrected chi connectivity index (χ3v) is 4.32. The van der Waals surface area contributed by atoms with Crippen LogP contribution in [0.3, 0.4) is 0 Å². The predicted molar refractivity (Wildman–Crippen MR) is 77.0 cm³/mol. The lowest BCUT2D eigenvalue weighted by molar-refractivity contribution is 0.409. The minimum absolute atomic E-state index is 0.000997. The molecule has 2 N–H and O–H groups in total. The Balaban J connectivity index is 1.96. The molecule has 1 heterocycles. The first-order chi connectivity index (χ1) is 10.1. The second-order valence-corrected chi connectivity index (χ2v) is 6.19. The zero-order chi connectivity index (χ0) is 15.1. The van der Waals surface area contributed by atoms with Crippen molar-refractivity contribution in [3.05, 3.63) is 42.0 Å². The number of rotatable bonds is 8. The summed E-state index contributed by atoms with van der Waals surface area (Å²) in [5.41, 5.74) is 1.09. The van der Waals surface area contributed by atoms with Crippen molar-refractivity contribution in [2.24, 2.45) is 0 Å². The lowest BCUT2D eigenvalue weighted by Gasteiger charge is -2.06. The topological polar surface area (TPSA) is 97.1 Å². The SMILES string of the molecule is CCNCCc1ccc(S(=O)(=O)NCc2ncon2)cc1. The number of nitrogens with zero attached hydrogens (tertiary/aromatic N) is 2. The van der Waals surface area contributed by atoms with Crippen molar-refractivity contribution in [3.63, 3.8) is 0 Å². The number of aromatic nitrogens is 2. The summed E-state index contributed by atoms with van der Waals surface area (Å²) in [4.78, 5) is 3.98. The van der Waals surface area contributed by atoms with Gasteiger partial charge in [-0.1, -0.05) is 24.2 Å². The number of nitrogens with one attached hydrogen (secondary N) is 2. The summed E-state index contributed by atoms with van der Waals surface area (Å²) in [6.45, 7) is 3.84. The van der Waals surface area contributed by atoms with E-state index < -0.39 is 10.0 Å². The van der Waals surface area contributed by atoms with Gasteiger partial charge in [0.05, 0.1) is 11.4 Å². The van der Waals surface area contributed by atoms with Gasteiger partial charge in [-0.25, -0.2) is 13.1 Å².